The van der Waals surface area contributed by atoms with Crippen molar-refractivity contribution in [2.24, 2.45) is 0 Å². The molecule has 0 heterocycles. The molecular weight excluding hydrogens is 292 g/mol. The van der Waals surface area contributed by atoms with Crippen LogP contribution >= 0.6 is 12.4 Å². The van der Waals surface area contributed by atoms with E-state index in [4.69, 9.17) is 0 Å². The first-order valence-corrected chi connectivity index (χ1v) is 8.90. The van der Waals surface area contributed by atoms with E-state index in [1.807, 2.05) is 0 Å². The second-order valence-corrected chi connectivity index (χ2v) is 6.26. The number of nitrogens with zero attached hydrogens (tertiary/aromatic N) is 1. The van der Waals surface area contributed by atoms with Crippen molar-refractivity contribution < 1.29 is 0 Å². The van der Waals surface area contributed by atoms with Gasteiger partial charge in [-0.2, -0.15) is 0 Å². The Bertz CT molecular complexity index is 379. The monoisotopic (exact) mass is 324 g/mol. The Labute approximate surface area is 143 Å². The fourth-order valence-electron chi connectivity index (χ4n) is 3.34. The molecule has 1 aromatic rings. The van der Waals surface area contributed by atoms with Crippen LogP contribution in [0.25, 0.3) is 0 Å². The van der Waals surface area contributed by atoms with Crippen molar-refractivity contribution in [3.63, 3.8) is 0 Å². The third-order valence-corrected chi connectivity index (χ3v) is 4.76. The minimum Gasteiger partial charge on any atom is -0.372 e. The van der Waals surface area contributed by atoms with Crippen molar-refractivity contribution in [3.8, 4) is 0 Å². The summed E-state index contributed by atoms with van der Waals surface area (Å²) in [6, 6.07) is 9.82. The van der Waals surface area contributed by atoms with E-state index in [1.165, 1.54) is 56.2 Å². The molecule has 0 atom stereocenters. The van der Waals surface area contributed by atoms with Gasteiger partial charge in [-0.05, 0) is 44.4 Å². The molecule has 2 rings (SSSR count). The molecule has 0 amide bonds. The number of halogens is 1. The second-order valence-electron chi connectivity index (χ2n) is 6.26. The average Bonchev–Trinajstić information content (AvgIpc) is 2.49. The van der Waals surface area contributed by atoms with E-state index in [1.54, 1.807) is 0 Å². The minimum atomic E-state index is 0. The van der Waals surface area contributed by atoms with Gasteiger partial charge in [-0.25, -0.2) is 0 Å². The van der Waals surface area contributed by atoms with Crippen LogP contribution in [0.5, 0.6) is 0 Å². The van der Waals surface area contributed by atoms with Crippen molar-refractivity contribution in [2.45, 2.75) is 71.4 Å². The molecule has 1 aromatic carbocycles. The topological polar surface area (TPSA) is 15.3 Å². The molecule has 1 aliphatic carbocycles. The molecule has 1 aliphatic rings. The summed E-state index contributed by atoms with van der Waals surface area (Å²) in [6.07, 6.45) is 9.82. The molecule has 126 valence electrons. The van der Waals surface area contributed by atoms with Crippen LogP contribution in [-0.4, -0.2) is 19.1 Å². The lowest BCUT2D eigenvalue weighted by atomic mass is 9.96. The van der Waals surface area contributed by atoms with Gasteiger partial charge >= 0.3 is 0 Å². The maximum absolute atomic E-state index is 3.77. The SMILES string of the molecule is CCN(CC)c1ccc(CNC2CCCCCCC2)cc1.Cl. The van der Waals surface area contributed by atoms with Crippen LogP contribution in [-0.2, 0) is 6.54 Å². The highest BCUT2D eigenvalue weighted by Gasteiger charge is 2.10. The van der Waals surface area contributed by atoms with Gasteiger partial charge in [-0.3, -0.25) is 0 Å². The normalized spacial score (nSPS) is 16.5. The largest absolute Gasteiger partial charge is 0.372 e. The fourth-order valence-corrected chi connectivity index (χ4v) is 3.34. The smallest absolute Gasteiger partial charge is 0.0366 e. The quantitative estimate of drug-likeness (QED) is 0.777. The Kier molecular flexibility index (Phi) is 9.58. The number of hydrogen-bond acceptors (Lipinski definition) is 2. The van der Waals surface area contributed by atoms with Crippen molar-refractivity contribution >= 4 is 18.1 Å². The predicted octanol–water partition coefficient (Wildman–Crippen LogP) is 5.16. The maximum Gasteiger partial charge on any atom is 0.0366 e. The lowest BCUT2D eigenvalue weighted by molar-refractivity contribution is 0.389. The minimum absolute atomic E-state index is 0. The van der Waals surface area contributed by atoms with E-state index < -0.39 is 0 Å². The Morgan fingerprint density at radius 1 is 0.909 bits per heavy atom. The van der Waals surface area contributed by atoms with Crippen LogP contribution in [0, 0.1) is 0 Å². The standard InChI is InChI=1S/C19H32N2.ClH/c1-3-21(4-2)19-14-12-17(13-15-19)16-20-18-10-8-6-5-7-9-11-18;/h12-15,18,20H,3-11,16H2,1-2H3;1H. The number of anilines is 1. The first-order valence-electron chi connectivity index (χ1n) is 8.90. The first-order chi connectivity index (χ1) is 10.3. The summed E-state index contributed by atoms with van der Waals surface area (Å²) in [4.78, 5) is 2.39. The molecule has 1 fully saturated rings. The Hall–Kier alpha value is -0.730. The fraction of sp³-hybridized carbons (Fsp3) is 0.684. The molecule has 0 unspecified atom stereocenters. The lowest BCUT2D eigenvalue weighted by Gasteiger charge is -2.22. The van der Waals surface area contributed by atoms with Gasteiger partial charge in [-0.1, -0.05) is 44.2 Å². The van der Waals surface area contributed by atoms with Crippen LogP contribution < -0.4 is 10.2 Å². The molecule has 0 aliphatic heterocycles. The third-order valence-electron chi connectivity index (χ3n) is 4.76. The van der Waals surface area contributed by atoms with Gasteiger partial charge in [-0.15, -0.1) is 12.4 Å². The summed E-state index contributed by atoms with van der Waals surface area (Å²) >= 11 is 0. The van der Waals surface area contributed by atoms with Crippen LogP contribution in [0.15, 0.2) is 24.3 Å². The summed E-state index contributed by atoms with van der Waals surface area (Å²) in [5.74, 6) is 0. The molecule has 0 aromatic heterocycles. The highest BCUT2D eigenvalue weighted by molar-refractivity contribution is 5.85. The zero-order valence-electron chi connectivity index (χ0n) is 14.3. The lowest BCUT2D eigenvalue weighted by Crippen LogP contribution is -2.29. The van der Waals surface area contributed by atoms with E-state index >= 15 is 0 Å². The summed E-state index contributed by atoms with van der Waals surface area (Å²) in [6.45, 7) is 7.61. The van der Waals surface area contributed by atoms with Gasteiger partial charge in [0.05, 0.1) is 0 Å². The van der Waals surface area contributed by atoms with Gasteiger partial charge in [0.1, 0.15) is 0 Å². The third kappa shape index (κ3) is 6.18. The van der Waals surface area contributed by atoms with E-state index in [9.17, 15) is 0 Å². The highest BCUT2D eigenvalue weighted by Crippen LogP contribution is 2.18. The summed E-state index contributed by atoms with van der Waals surface area (Å²) < 4.78 is 0. The van der Waals surface area contributed by atoms with Gasteiger partial charge < -0.3 is 10.2 Å². The first kappa shape index (κ1) is 19.3. The maximum atomic E-state index is 3.77. The Balaban J connectivity index is 0.00000242. The average molecular weight is 325 g/mol. The Morgan fingerprint density at radius 2 is 1.45 bits per heavy atom. The second kappa shape index (κ2) is 10.9. The van der Waals surface area contributed by atoms with Crippen molar-refractivity contribution in [2.75, 3.05) is 18.0 Å². The highest BCUT2D eigenvalue weighted by atomic mass is 35.5. The number of benzene rings is 1. The van der Waals surface area contributed by atoms with Crippen LogP contribution in [0.2, 0.25) is 0 Å². The van der Waals surface area contributed by atoms with Crippen molar-refractivity contribution in [1.82, 2.24) is 5.32 Å². The molecule has 1 saturated carbocycles. The van der Waals surface area contributed by atoms with E-state index in [2.05, 4.69) is 48.3 Å². The van der Waals surface area contributed by atoms with Crippen molar-refractivity contribution in [3.05, 3.63) is 29.8 Å². The Morgan fingerprint density at radius 3 is 2.00 bits per heavy atom. The number of hydrogen-bond donors (Lipinski definition) is 1. The molecule has 3 heteroatoms. The number of rotatable bonds is 6. The molecule has 0 spiro atoms. The van der Waals surface area contributed by atoms with Gasteiger partial charge in [0.15, 0.2) is 0 Å². The van der Waals surface area contributed by atoms with Gasteiger partial charge in [0.2, 0.25) is 0 Å². The zero-order valence-corrected chi connectivity index (χ0v) is 15.1. The molecular formula is C19H33ClN2. The molecule has 0 saturated heterocycles. The van der Waals surface area contributed by atoms with E-state index in [0.717, 1.165) is 25.7 Å². The van der Waals surface area contributed by atoms with Gasteiger partial charge in [0, 0.05) is 31.4 Å². The molecule has 0 radical (unpaired) electrons. The van der Waals surface area contributed by atoms with Crippen LogP contribution in [0.1, 0.15) is 64.4 Å². The van der Waals surface area contributed by atoms with Gasteiger partial charge in [0.25, 0.3) is 0 Å². The van der Waals surface area contributed by atoms with E-state index in [-0.39, 0.29) is 12.4 Å². The van der Waals surface area contributed by atoms with E-state index in [0.29, 0.717) is 0 Å². The number of nitrogens with one attached hydrogen (secondary N) is 1. The van der Waals surface area contributed by atoms with Crippen molar-refractivity contribution in [1.29, 1.82) is 0 Å². The van der Waals surface area contributed by atoms with Crippen LogP contribution in [0.3, 0.4) is 0 Å². The summed E-state index contributed by atoms with van der Waals surface area (Å²) in [5.41, 5.74) is 2.75. The molecule has 1 N–H and O–H groups in total. The summed E-state index contributed by atoms with van der Waals surface area (Å²) in [7, 11) is 0. The zero-order chi connectivity index (χ0) is 14.9. The molecule has 2 nitrogen and oxygen atoms in total. The van der Waals surface area contributed by atoms with Crippen LogP contribution in [0.4, 0.5) is 5.69 Å². The summed E-state index contributed by atoms with van der Waals surface area (Å²) in [5, 5.41) is 3.77. The molecule has 0 bridgehead atoms. The predicted molar refractivity (Wildman–Crippen MR) is 100 cm³/mol. The molecule has 22 heavy (non-hydrogen) atoms.